The number of β-amino-alcohol motifs (C(OH)–C–C–N with tert-alkyl or cyclic N) is 1. The standard InChI is InChI=1S/C37H41F2N7O3S/c1-36(2,47)18-44-14-21-7-8-22(15-44)46(21)34-30-26-17-48-16-25(26)29(23-5-3-6-27-28(23)24(12-40)33(41)50-27)31(39)32(30)42-35(43-34)49-19-37-9-4-10-45(37)13-20(38)11-37/h3,5-6,20-22,47H,4,7-11,13-19,41H2,1-2H3/t20-,21?,22?,37+/m1/s1. The molecule has 13 heteroatoms. The number of aromatic nitrogens is 2. The molecule has 5 aliphatic heterocycles. The summed E-state index contributed by atoms with van der Waals surface area (Å²) in [5, 5.41) is 22.3. The minimum atomic E-state index is -0.905. The van der Waals surface area contributed by atoms with Gasteiger partial charge >= 0.3 is 6.01 Å². The molecule has 4 atom stereocenters. The quantitative estimate of drug-likeness (QED) is 0.255. The fraction of sp³-hybridized carbons (Fsp3) is 0.541. The van der Waals surface area contributed by atoms with Crippen molar-refractivity contribution < 1.29 is 23.4 Å². The minimum absolute atomic E-state index is 0.0776. The molecular weight excluding hydrogens is 661 g/mol. The number of alkyl halides is 1. The van der Waals surface area contributed by atoms with Crippen molar-refractivity contribution >= 4 is 43.1 Å². The molecule has 0 aliphatic carbocycles. The summed E-state index contributed by atoms with van der Waals surface area (Å²) in [4.78, 5) is 16.7. The molecule has 0 amide bonds. The van der Waals surface area contributed by atoms with E-state index in [4.69, 9.17) is 25.2 Å². The summed E-state index contributed by atoms with van der Waals surface area (Å²) in [7, 11) is 0. The van der Waals surface area contributed by atoms with Gasteiger partial charge in [0.2, 0.25) is 0 Å². The Morgan fingerprint density at radius 1 is 1.16 bits per heavy atom. The molecule has 3 N–H and O–H groups in total. The Kier molecular flexibility index (Phi) is 7.53. The van der Waals surface area contributed by atoms with E-state index in [1.807, 2.05) is 32.0 Å². The lowest BCUT2D eigenvalue weighted by molar-refractivity contribution is 0.0292. The molecule has 0 radical (unpaired) electrons. The van der Waals surface area contributed by atoms with Gasteiger partial charge in [-0.2, -0.15) is 15.2 Å². The van der Waals surface area contributed by atoms with Gasteiger partial charge in [0.25, 0.3) is 0 Å². The second-order valence-corrected chi connectivity index (χ2v) is 16.6. The average molecular weight is 702 g/mol. The predicted octanol–water partition coefficient (Wildman–Crippen LogP) is 5.51. The van der Waals surface area contributed by atoms with Crippen LogP contribution < -0.4 is 15.4 Å². The number of piperazine rings is 1. The van der Waals surface area contributed by atoms with Crippen LogP contribution in [-0.4, -0.2) is 93.6 Å². The van der Waals surface area contributed by atoms with Crippen molar-refractivity contribution in [2.24, 2.45) is 0 Å². The lowest BCUT2D eigenvalue weighted by Gasteiger charge is -2.43. The Hall–Kier alpha value is -3.67. The van der Waals surface area contributed by atoms with Crippen molar-refractivity contribution in [1.29, 1.82) is 5.26 Å². The summed E-state index contributed by atoms with van der Waals surface area (Å²) in [6, 6.07) is 8.12. The van der Waals surface area contributed by atoms with Gasteiger partial charge in [-0.3, -0.25) is 9.80 Å². The highest BCUT2D eigenvalue weighted by atomic mass is 32.1. The molecule has 2 unspecified atom stereocenters. The highest BCUT2D eigenvalue weighted by Crippen LogP contribution is 2.49. The van der Waals surface area contributed by atoms with Gasteiger partial charge in [-0.15, -0.1) is 11.3 Å². The van der Waals surface area contributed by atoms with Gasteiger partial charge in [-0.25, -0.2) is 8.78 Å². The number of rotatable bonds is 7. The zero-order valence-electron chi connectivity index (χ0n) is 28.3. The smallest absolute Gasteiger partial charge is 0.319 e. The number of likely N-dealkylation sites (tertiary alicyclic amines) is 1. The first-order valence-electron chi connectivity index (χ1n) is 17.6. The van der Waals surface area contributed by atoms with Crippen LogP contribution in [0.4, 0.5) is 19.6 Å². The Bertz CT molecular complexity index is 2060. The molecule has 4 saturated heterocycles. The maximum atomic E-state index is 17.5. The Morgan fingerprint density at radius 2 is 1.94 bits per heavy atom. The van der Waals surface area contributed by atoms with Gasteiger partial charge in [0.05, 0.1) is 35.3 Å². The summed E-state index contributed by atoms with van der Waals surface area (Å²) in [5.74, 6) is 0.121. The fourth-order valence-corrected chi connectivity index (χ4v) is 10.6. The van der Waals surface area contributed by atoms with Crippen LogP contribution in [-0.2, 0) is 18.0 Å². The Balaban J connectivity index is 1.22. The van der Waals surface area contributed by atoms with E-state index in [0.717, 1.165) is 61.1 Å². The van der Waals surface area contributed by atoms with E-state index >= 15 is 4.39 Å². The lowest BCUT2D eigenvalue weighted by atomic mass is 9.90. The maximum absolute atomic E-state index is 17.5. The first-order chi connectivity index (χ1) is 24.0. The van der Waals surface area contributed by atoms with Crippen LogP contribution in [0.1, 0.15) is 62.6 Å². The number of nitrogens with zero attached hydrogens (tertiary/aromatic N) is 6. The highest BCUT2D eigenvalue weighted by molar-refractivity contribution is 7.23. The molecule has 2 bridgehead atoms. The molecule has 9 rings (SSSR count). The van der Waals surface area contributed by atoms with Crippen LogP contribution in [0.25, 0.3) is 32.1 Å². The van der Waals surface area contributed by atoms with E-state index in [2.05, 4.69) is 20.8 Å². The molecule has 10 nitrogen and oxygen atoms in total. The maximum Gasteiger partial charge on any atom is 0.319 e. The first kappa shape index (κ1) is 32.3. The number of hydrogen-bond acceptors (Lipinski definition) is 11. The number of benzene rings is 2. The molecule has 7 heterocycles. The second-order valence-electron chi connectivity index (χ2n) is 15.5. The van der Waals surface area contributed by atoms with Crippen molar-refractivity contribution in [2.75, 3.05) is 50.0 Å². The normalized spacial score (nSPS) is 26.6. The van der Waals surface area contributed by atoms with Crippen molar-refractivity contribution in [3.05, 3.63) is 40.7 Å². The van der Waals surface area contributed by atoms with E-state index in [1.165, 1.54) is 11.3 Å². The van der Waals surface area contributed by atoms with Gasteiger partial charge < -0.3 is 25.2 Å². The highest BCUT2D eigenvalue weighted by Gasteiger charge is 2.50. The zero-order valence-corrected chi connectivity index (χ0v) is 29.2. The summed E-state index contributed by atoms with van der Waals surface area (Å²) < 4.78 is 45.5. The number of aliphatic hydroxyl groups is 1. The van der Waals surface area contributed by atoms with Crippen LogP contribution in [0.3, 0.4) is 0 Å². The van der Waals surface area contributed by atoms with Crippen LogP contribution in [0.15, 0.2) is 18.2 Å². The number of thiophene rings is 1. The van der Waals surface area contributed by atoms with Gasteiger partial charge in [-0.05, 0) is 68.8 Å². The number of fused-ring (bicyclic) bond motifs is 7. The molecule has 0 spiro atoms. The van der Waals surface area contributed by atoms with E-state index in [9.17, 15) is 14.8 Å². The Morgan fingerprint density at radius 3 is 2.70 bits per heavy atom. The number of ether oxygens (including phenoxy) is 2. The topological polar surface area (TPSA) is 124 Å². The van der Waals surface area contributed by atoms with Crippen LogP contribution in [0.5, 0.6) is 6.01 Å². The molecule has 262 valence electrons. The number of halogens is 2. The molecule has 4 fully saturated rings. The molecule has 0 saturated carbocycles. The molecule has 2 aromatic heterocycles. The van der Waals surface area contributed by atoms with Crippen molar-refractivity contribution in [1.82, 2.24) is 19.8 Å². The summed E-state index contributed by atoms with van der Waals surface area (Å²) in [6.45, 7) is 7.66. The zero-order chi connectivity index (χ0) is 34.5. The Labute approximate surface area is 293 Å². The fourth-order valence-electron chi connectivity index (χ4n) is 9.67. The van der Waals surface area contributed by atoms with E-state index in [1.54, 1.807) is 0 Å². The van der Waals surface area contributed by atoms with Gasteiger partial charge in [0.15, 0.2) is 5.82 Å². The van der Waals surface area contributed by atoms with Crippen LogP contribution in [0, 0.1) is 17.1 Å². The first-order valence-corrected chi connectivity index (χ1v) is 18.4. The number of nitrogens with two attached hydrogens (primary N) is 1. The minimum Gasteiger partial charge on any atom is -0.461 e. The average Bonchev–Trinajstić information content (AvgIpc) is 3.87. The molecule has 50 heavy (non-hydrogen) atoms. The SMILES string of the molecule is CC(C)(O)CN1CC2CCC(C1)N2c1nc(OC[C@@]23CCCN2C[C@H](F)C3)nc2c(F)c(-c3cccc4sc(N)c(C#N)c34)c3c(c12)COC3. The van der Waals surface area contributed by atoms with Crippen molar-refractivity contribution in [2.45, 2.75) is 88.6 Å². The number of hydrogen-bond donors (Lipinski definition) is 2. The molecule has 2 aromatic carbocycles. The predicted molar refractivity (Wildman–Crippen MR) is 189 cm³/mol. The second kappa shape index (κ2) is 11.7. The molecule has 5 aliphatic rings. The van der Waals surface area contributed by atoms with Crippen molar-refractivity contribution in [3.8, 4) is 23.2 Å². The number of nitrogen functional groups attached to an aromatic ring is 1. The number of anilines is 2. The molecular formula is C37H41F2N7O3S. The third kappa shape index (κ3) is 5.05. The van der Waals surface area contributed by atoms with Crippen molar-refractivity contribution in [3.63, 3.8) is 0 Å². The third-order valence-corrected chi connectivity index (χ3v) is 12.5. The summed E-state index contributed by atoms with van der Waals surface area (Å²) in [5.41, 5.74) is 8.02. The van der Waals surface area contributed by atoms with Crippen LogP contribution in [0.2, 0.25) is 0 Å². The summed E-state index contributed by atoms with van der Waals surface area (Å²) in [6.07, 6.45) is 3.20. The van der Waals surface area contributed by atoms with Crippen LogP contribution >= 0.6 is 11.3 Å². The van der Waals surface area contributed by atoms with Gasteiger partial charge in [0, 0.05) is 60.3 Å². The largest absolute Gasteiger partial charge is 0.461 e. The third-order valence-electron chi connectivity index (χ3n) is 11.5. The van der Waals surface area contributed by atoms with E-state index < -0.39 is 23.1 Å². The lowest BCUT2D eigenvalue weighted by Crippen LogP contribution is -2.56. The van der Waals surface area contributed by atoms with E-state index in [0.29, 0.717) is 57.8 Å². The van der Waals surface area contributed by atoms with Gasteiger partial charge in [0.1, 0.15) is 35.2 Å². The molecule has 4 aromatic rings. The summed E-state index contributed by atoms with van der Waals surface area (Å²) >= 11 is 1.31. The monoisotopic (exact) mass is 701 g/mol. The van der Waals surface area contributed by atoms with Gasteiger partial charge in [-0.1, -0.05) is 12.1 Å². The van der Waals surface area contributed by atoms with E-state index in [-0.39, 0.29) is 43.4 Å². The number of nitriles is 1.